The van der Waals surface area contributed by atoms with Crippen LogP contribution in [0.5, 0.6) is 0 Å². The van der Waals surface area contributed by atoms with Crippen molar-refractivity contribution in [2.75, 3.05) is 0 Å². The number of fused-ring (bicyclic) bond motifs is 1. The quantitative estimate of drug-likeness (QED) is 0.789. The van der Waals surface area contributed by atoms with Gasteiger partial charge in [-0.2, -0.15) is 0 Å². The molecule has 1 aromatic carbocycles. The minimum Gasteiger partial charge on any atom is -0.328 e. The number of halogens is 2. The van der Waals surface area contributed by atoms with Crippen molar-refractivity contribution in [3.8, 4) is 11.4 Å². The Morgan fingerprint density at radius 1 is 1.29 bits per heavy atom. The average Bonchev–Trinajstić information content (AvgIpc) is 2.79. The van der Waals surface area contributed by atoms with Gasteiger partial charge < -0.3 is 9.55 Å². The van der Waals surface area contributed by atoms with E-state index in [2.05, 4.69) is 16.9 Å². The molecule has 0 spiro atoms. The van der Waals surface area contributed by atoms with Gasteiger partial charge >= 0.3 is 0 Å². The predicted octanol–water partition coefficient (Wildman–Crippen LogP) is 4.11. The van der Waals surface area contributed by atoms with E-state index in [0.29, 0.717) is 21.4 Å². The lowest BCUT2D eigenvalue weighted by Gasteiger charge is -2.07. The molecule has 4 nitrogen and oxygen atoms in total. The Balaban J connectivity index is 2.34. The fourth-order valence-electron chi connectivity index (χ4n) is 2.37. The first kappa shape index (κ1) is 14.2. The number of nitrogens with zero attached hydrogens (tertiary/aromatic N) is 2. The number of rotatable bonds is 3. The summed E-state index contributed by atoms with van der Waals surface area (Å²) in [6.07, 6.45) is 2.52. The highest BCUT2D eigenvalue weighted by atomic mass is 35.5. The highest BCUT2D eigenvalue weighted by Gasteiger charge is 2.16. The Hall–Kier alpha value is -1.78. The van der Waals surface area contributed by atoms with E-state index in [1.165, 1.54) is 0 Å². The first-order chi connectivity index (χ1) is 10.1. The van der Waals surface area contributed by atoms with E-state index in [1.54, 1.807) is 30.5 Å². The molecule has 108 valence electrons. The third-order valence-electron chi connectivity index (χ3n) is 3.30. The smallest absolute Gasteiger partial charge is 0.258 e. The highest BCUT2D eigenvalue weighted by Crippen LogP contribution is 2.30. The van der Waals surface area contributed by atoms with Crippen LogP contribution in [0, 0.1) is 0 Å². The summed E-state index contributed by atoms with van der Waals surface area (Å²) in [6, 6.07) is 7.07. The van der Waals surface area contributed by atoms with Crippen molar-refractivity contribution < 1.29 is 0 Å². The minimum absolute atomic E-state index is 0.164. The summed E-state index contributed by atoms with van der Waals surface area (Å²) in [5, 5.41) is 0.939. The second-order valence-corrected chi connectivity index (χ2v) is 5.57. The monoisotopic (exact) mass is 321 g/mol. The van der Waals surface area contributed by atoms with Crippen molar-refractivity contribution in [1.82, 2.24) is 14.5 Å². The topological polar surface area (TPSA) is 50.7 Å². The summed E-state index contributed by atoms with van der Waals surface area (Å²) in [6.45, 7) is 2.82. The molecule has 0 unspecified atom stereocenters. The maximum Gasteiger partial charge on any atom is 0.258 e. The number of pyridine rings is 1. The van der Waals surface area contributed by atoms with Gasteiger partial charge in [0.1, 0.15) is 5.82 Å². The van der Waals surface area contributed by atoms with Crippen molar-refractivity contribution in [2.45, 2.75) is 19.9 Å². The van der Waals surface area contributed by atoms with Gasteiger partial charge in [0.15, 0.2) is 0 Å². The van der Waals surface area contributed by atoms with Crippen LogP contribution in [0.15, 0.2) is 35.3 Å². The number of imidazole rings is 1. The van der Waals surface area contributed by atoms with Crippen LogP contribution in [0.4, 0.5) is 0 Å². The van der Waals surface area contributed by atoms with Crippen LogP contribution in [0.25, 0.3) is 22.4 Å². The Bertz CT molecular complexity index is 867. The summed E-state index contributed by atoms with van der Waals surface area (Å²) in [5.74, 6) is 0.632. The van der Waals surface area contributed by atoms with Gasteiger partial charge in [-0.15, -0.1) is 0 Å². The number of benzene rings is 1. The lowest BCUT2D eigenvalue weighted by Crippen LogP contribution is -2.11. The van der Waals surface area contributed by atoms with Gasteiger partial charge in [0.2, 0.25) is 0 Å². The Labute approximate surface area is 131 Å². The molecule has 2 aromatic heterocycles. The maximum absolute atomic E-state index is 12.0. The minimum atomic E-state index is -0.164. The number of aromatic nitrogens is 3. The van der Waals surface area contributed by atoms with Gasteiger partial charge in [-0.05, 0) is 30.7 Å². The normalized spacial score (nSPS) is 11.2. The largest absolute Gasteiger partial charge is 0.328 e. The number of nitrogens with one attached hydrogen (secondary N) is 1. The molecular formula is C15H13Cl2N3O. The van der Waals surface area contributed by atoms with Crippen molar-refractivity contribution in [3.63, 3.8) is 0 Å². The van der Waals surface area contributed by atoms with Crippen LogP contribution in [0.1, 0.15) is 13.3 Å². The summed E-state index contributed by atoms with van der Waals surface area (Å²) >= 11 is 12.2. The lowest BCUT2D eigenvalue weighted by atomic mass is 10.2. The van der Waals surface area contributed by atoms with E-state index in [0.717, 1.165) is 24.0 Å². The molecule has 0 amide bonds. The predicted molar refractivity (Wildman–Crippen MR) is 86.1 cm³/mol. The van der Waals surface area contributed by atoms with Crippen LogP contribution in [-0.4, -0.2) is 14.5 Å². The van der Waals surface area contributed by atoms with Gasteiger partial charge in [0, 0.05) is 12.7 Å². The zero-order valence-corrected chi connectivity index (χ0v) is 12.9. The molecule has 0 radical (unpaired) electrons. The lowest BCUT2D eigenvalue weighted by molar-refractivity contribution is 0.703. The molecule has 0 saturated heterocycles. The molecule has 0 bridgehead atoms. The van der Waals surface area contributed by atoms with Gasteiger partial charge in [-0.3, -0.25) is 4.79 Å². The molecule has 1 N–H and O–H groups in total. The van der Waals surface area contributed by atoms with Gasteiger partial charge in [0.05, 0.1) is 26.6 Å². The summed E-state index contributed by atoms with van der Waals surface area (Å²) in [4.78, 5) is 19.3. The molecule has 0 aliphatic carbocycles. The van der Waals surface area contributed by atoms with Crippen LogP contribution in [-0.2, 0) is 6.54 Å². The fourth-order valence-corrected chi connectivity index (χ4v) is 2.69. The van der Waals surface area contributed by atoms with Crippen molar-refractivity contribution >= 4 is 34.2 Å². The van der Waals surface area contributed by atoms with Gasteiger partial charge in [-0.25, -0.2) is 4.98 Å². The number of hydrogen-bond donors (Lipinski definition) is 1. The summed E-state index contributed by atoms with van der Waals surface area (Å²) in [7, 11) is 0. The van der Waals surface area contributed by atoms with Crippen LogP contribution < -0.4 is 5.56 Å². The second-order valence-electron chi connectivity index (χ2n) is 4.75. The van der Waals surface area contributed by atoms with Crippen LogP contribution in [0.2, 0.25) is 10.0 Å². The molecule has 21 heavy (non-hydrogen) atoms. The zero-order chi connectivity index (χ0) is 15.0. The third-order valence-corrected chi connectivity index (χ3v) is 4.02. The van der Waals surface area contributed by atoms with E-state index in [9.17, 15) is 4.79 Å². The number of hydrogen-bond acceptors (Lipinski definition) is 2. The Kier molecular flexibility index (Phi) is 3.74. The Morgan fingerprint density at radius 3 is 2.76 bits per heavy atom. The Morgan fingerprint density at radius 2 is 2.05 bits per heavy atom. The van der Waals surface area contributed by atoms with E-state index < -0.39 is 0 Å². The standard InChI is InChI=1S/C15H13Cl2N3O/c1-2-6-20-13-8-11(17)10(16)7-12(13)19-14(20)9-4-3-5-18-15(9)21/h3-5,7-8H,2,6H2,1H3,(H,18,21). The van der Waals surface area contributed by atoms with E-state index in [-0.39, 0.29) is 5.56 Å². The molecule has 3 rings (SSSR count). The third kappa shape index (κ3) is 2.45. The van der Waals surface area contributed by atoms with Crippen molar-refractivity contribution in [2.24, 2.45) is 0 Å². The molecule has 2 heterocycles. The van der Waals surface area contributed by atoms with E-state index in [4.69, 9.17) is 23.2 Å². The molecule has 3 aromatic rings. The molecule has 0 atom stereocenters. The first-order valence-corrected chi connectivity index (χ1v) is 7.40. The van der Waals surface area contributed by atoms with Gasteiger partial charge in [-0.1, -0.05) is 30.1 Å². The highest BCUT2D eigenvalue weighted by molar-refractivity contribution is 6.42. The molecular weight excluding hydrogens is 309 g/mol. The van der Waals surface area contributed by atoms with Crippen LogP contribution >= 0.6 is 23.2 Å². The second kappa shape index (κ2) is 5.54. The summed E-state index contributed by atoms with van der Waals surface area (Å²) < 4.78 is 2.00. The van der Waals surface area contributed by atoms with Crippen molar-refractivity contribution in [3.05, 3.63) is 50.9 Å². The van der Waals surface area contributed by atoms with E-state index in [1.807, 2.05) is 4.57 Å². The molecule has 6 heteroatoms. The first-order valence-electron chi connectivity index (χ1n) is 6.65. The SMILES string of the molecule is CCCn1c(-c2ccc[nH]c2=O)nc2cc(Cl)c(Cl)cc21. The molecule has 0 aliphatic rings. The van der Waals surface area contributed by atoms with Crippen molar-refractivity contribution in [1.29, 1.82) is 0 Å². The molecule has 0 aliphatic heterocycles. The maximum atomic E-state index is 12.0. The number of H-pyrrole nitrogens is 1. The average molecular weight is 322 g/mol. The number of aryl methyl sites for hydroxylation is 1. The number of aromatic amines is 1. The fraction of sp³-hybridized carbons (Fsp3) is 0.200. The van der Waals surface area contributed by atoms with Gasteiger partial charge in [0.25, 0.3) is 5.56 Å². The molecule has 0 fully saturated rings. The van der Waals surface area contributed by atoms with Crippen LogP contribution in [0.3, 0.4) is 0 Å². The summed E-state index contributed by atoms with van der Waals surface area (Å²) in [5.41, 5.74) is 1.98. The zero-order valence-electron chi connectivity index (χ0n) is 11.4. The van der Waals surface area contributed by atoms with E-state index >= 15 is 0 Å². The molecule has 0 saturated carbocycles.